The number of hydrogen-bond acceptors (Lipinski definition) is 2. The Balaban J connectivity index is 1.72. The maximum Gasteiger partial charge on any atom is 0.0328 e. The summed E-state index contributed by atoms with van der Waals surface area (Å²) in [5.41, 5.74) is 0.481. The lowest BCUT2D eigenvalue weighted by Crippen LogP contribution is -2.58. The third-order valence-corrected chi connectivity index (χ3v) is 5.67. The fourth-order valence-corrected chi connectivity index (χ4v) is 3.69. The molecule has 0 amide bonds. The Kier molecular flexibility index (Phi) is 4.71. The van der Waals surface area contributed by atoms with E-state index in [1.165, 1.54) is 51.5 Å². The van der Waals surface area contributed by atoms with Crippen LogP contribution in [0.2, 0.25) is 0 Å². The maximum atomic E-state index is 3.86. The molecular weight excluding hydrogens is 220 g/mol. The van der Waals surface area contributed by atoms with E-state index >= 15 is 0 Å². The predicted molar refractivity (Wildman–Crippen MR) is 78.9 cm³/mol. The van der Waals surface area contributed by atoms with Crippen molar-refractivity contribution in [2.75, 3.05) is 20.6 Å². The van der Waals surface area contributed by atoms with Crippen molar-refractivity contribution in [2.45, 2.75) is 70.4 Å². The van der Waals surface area contributed by atoms with E-state index in [1.54, 1.807) is 0 Å². The van der Waals surface area contributed by atoms with E-state index in [0.717, 1.165) is 17.9 Å². The van der Waals surface area contributed by atoms with Gasteiger partial charge in [-0.2, -0.15) is 0 Å². The molecule has 0 aromatic rings. The summed E-state index contributed by atoms with van der Waals surface area (Å²) >= 11 is 0. The molecule has 0 heterocycles. The SMILES string of the molecule is CC(C)C1CCC(NCC2(N(C)C)CCC2)CC1. The van der Waals surface area contributed by atoms with Gasteiger partial charge in [-0.25, -0.2) is 0 Å². The summed E-state index contributed by atoms with van der Waals surface area (Å²) in [5.74, 6) is 1.86. The fourth-order valence-electron chi connectivity index (χ4n) is 3.69. The van der Waals surface area contributed by atoms with Gasteiger partial charge in [0.1, 0.15) is 0 Å². The lowest BCUT2D eigenvalue weighted by Gasteiger charge is -2.48. The highest BCUT2D eigenvalue weighted by Crippen LogP contribution is 2.36. The molecule has 2 saturated carbocycles. The number of hydrogen-bond donors (Lipinski definition) is 1. The van der Waals surface area contributed by atoms with Crippen LogP contribution in [-0.2, 0) is 0 Å². The quantitative estimate of drug-likeness (QED) is 0.808. The summed E-state index contributed by atoms with van der Waals surface area (Å²) in [6.07, 6.45) is 9.84. The van der Waals surface area contributed by atoms with E-state index in [2.05, 4.69) is 38.2 Å². The first-order chi connectivity index (χ1) is 8.53. The van der Waals surface area contributed by atoms with Gasteiger partial charge in [-0.15, -0.1) is 0 Å². The highest BCUT2D eigenvalue weighted by molar-refractivity contribution is 4.98. The van der Waals surface area contributed by atoms with E-state index in [1.807, 2.05) is 0 Å². The van der Waals surface area contributed by atoms with Crippen LogP contribution in [-0.4, -0.2) is 37.1 Å². The molecule has 0 bridgehead atoms. The summed E-state index contributed by atoms with van der Waals surface area (Å²) in [4.78, 5) is 2.45. The molecule has 0 aliphatic heterocycles. The molecule has 0 unspecified atom stereocenters. The fraction of sp³-hybridized carbons (Fsp3) is 1.00. The monoisotopic (exact) mass is 252 g/mol. The molecule has 2 fully saturated rings. The van der Waals surface area contributed by atoms with Crippen molar-refractivity contribution >= 4 is 0 Å². The molecular formula is C16H32N2. The Bertz CT molecular complexity index is 248. The van der Waals surface area contributed by atoms with Crippen LogP contribution in [0.1, 0.15) is 58.8 Å². The highest BCUT2D eigenvalue weighted by Gasteiger charge is 2.39. The molecule has 0 atom stereocenters. The number of likely N-dealkylation sites (N-methyl/N-ethyl adjacent to an activating group) is 1. The molecule has 2 rings (SSSR count). The van der Waals surface area contributed by atoms with Crippen LogP contribution in [0.25, 0.3) is 0 Å². The molecule has 2 heteroatoms. The second-order valence-corrected chi connectivity index (χ2v) is 7.21. The molecule has 2 aliphatic carbocycles. The zero-order valence-electron chi connectivity index (χ0n) is 12.8. The molecule has 2 nitrogen and oxygen atoms in total. The van der Waals surface area contributed by atoms with Crippen LogP contribution in [0.15, 0.2) is 0 Å². The van der Waals surface area contributed by atoms with Crippen LogP contribution in [0, 0.1) is 11.8 Å². The van der Waals surface area contributed by atoms with Crippen LogP contribution in [0.4, 0.5) is 0 Å². The molecule has 106 valence electrons. The van der Waals surface area contributed by atoms with Crippen LogP contribution >= 0.6 is 0 Å². The molecule has 0 spiro atoms. The Hall–Kier alpha value is -0.0800. The van der Waals surface area contributed by atoms with E-state index in [9.17, 15) is 0 Å². The Morgan fingerprint density at radius 3 is 2.11 bits per heavy atom. The first-order valence-corrected chi connectivity index (χ1v) is 7.94. The largest absolute Gasteiger partial charge is 0.312 e. The van der Waals surface area contributed by atoms with E-state index < -0.39 is 0 Å². The van der Waals surface area contributed by atoms with Gasteiger partial charge in [0, 0.05) is 18.1 Å². The van der Waals surface area contributed by atoms with Gasteiger partial charge in [0.25, 0.3) is 0 Å². The van der Waals surface area contributed by atoms with Crippen molar-refractivity contribution < 1.29 is 0 Å². The van der Waals surface area contributed by atoms with E-state index in [4.69, 9.17) is 0 Å². The first-order valence-electron chi connectivity index (χ1n) is 7.94. The second-order valence-electron chi connectivity index (χ2n) is 7.21. The van der Waals surface area contributed by atoms with Crippen LogP contribution < -0.4 is 5.32 Å². The normalized spacial score (nSPS) is 31.7. The average Bonchev–Trinajstić information content (AvgIpc) is 2.27. The molecule has 0 aromatic carbocycles. The number of nitrogens with zero attached hydrogens (tertiary/aromatic N) is 1. The summed E-state index contributed by atoms with van der Waals surface area (Å²) in [6, 6.07) is 0.789. The lowest BCUT2D eigenvalue weighted by molar-refractivity contribution is 0.0542. The van der Waals surface area contributed by atoms with Crippen molar-refractivity contribution in [3.05, 3.63) is 0 Å². The molecule has 1 N–H and O–H groups in total. The standard InChI is InChI=1S/C16H32N2/c1-13(2)14-6-8-15(9-7-14)17-12-16(18(3)4)10-5-11-16/h13-15,17H,5-12H2,1-4H3. The maximum absolute atomic E-state index is 3.86. The van der Waals surface area contributed by atoms with Gasteiger partial charge in [0.2, 0.25) is 0 Å². The van der Waals surface area contributed by atoms with E-state index in [0.29, 0.717) is 5.54 Å². The number of rotatable bonds is 5. The van der Waals surface area contributed by atoms with Crippen molar-refractivity contribution in [1.82, 2.24) is 10.2 Å². The van der Waals surface area contributed by atoms with Crippen molar-refractivity contribution in [1.29, 1.82) is 0 Å². The van der Waals surface area contributed by atoms with Crippen LogP contribution in [0.5, 0.6) is 0 Å². The van der Waals surface area contributed by atoms with Crippen LogP contribution in [0.3, 0.4) is 0 Å². The van der Waals surface area contributed by atoms with Crippen molar-refractivity contribution in [2.24, 2.45) is 11.8 Å². The molecule has 0 radical (unpaired) electrons. The van der Waals surface area contributed by atoms with Gasteiger partial charge in [-0.05, 0) is 70.9 Å². The highest BCUT2D eigenvalue weighted by atomic mass is 15.2. The van der Waals surface area contributed by atoms with E-state index in [-0.39, 0.29) is 0 Å². The minimum absolute atomic E-state index is 0.481. The van der Waals surface area contributed by atoms with Crippen molar-refractivity contribution in [3.63, 3.8) is 0 Å². The lowest BCUT2D eigenvalue weighted by atomic mass is 9.75. The Labute approximate surface area is 114 Å². The Morgan fingerprint density at radius 1 is 1.11 bits per heavy atom. The second kappa shape index (κ2) is 5.92. The van der Waals surface area contributed by atoms with Gasteiger partial charge in [0.05, 0.1) is 0 Å². The van der Waals surface area contributed by atoms with Gasteiger partial charge in [0.15, 0.2) is 0 Å². The minimum Gasteiger partial charge on any atom is -0.312 e. The topological polar surface area (TPSA) is 15.3 Å². The molecule has 2 aliphatic rings. The first kappa shape index (κ1) is 14.3. The van der Waals surface area contributed by atoms with Gasteiger partial charge in [-0.3, -0.25) is 0 Å². The van der Waals surface area contributed by atoms with Gasteiger partial charge < -0.3 is 10.2 Å². The molecule has 18 heavy (non-hydrogen) atoms. The zero-order chi connectivity index (χ0) is 13.2. The summed E-state index contributed by atoms with van der Waals surface area (Å²) < 4.78 is 0. The minimum atomic E-state index is 0.481. The third kappa shape index (κ3) is 3.08. The van der Waals surface area contributed by atoms with Gasteiger partial charge in [-0.1, -0.05) is 13.8 Å². The number of nitrogens with one attached hydrogen (secondary N) is 1. The predicted octanol–water partition coefficient (Wildman–Crippen LogP) is 3.28. The Morgan fingerprint density at radius 2 is 1.72 bits per heavy atom. The summed E-state index contributed by atoms with van der Waals surface area (Å²) in [7, 11) is 4.49. The van der Waals surface area contributed by atoms with Gasteiger partial charge >= 0.3 is 0 Å². The average molecular weight is 252 g/mol. The summed E-state index contributed by atoms with van der Waals surface area (Å²) in [6.45, 7) is 5.97. The third-order valence-electron chi connectivity index (χ3n) is 5.67. The zero-order valence-corrected chi connectivity index (χ0v) is 12.8. The molecule has 0 saturated heterocycles. The molecule has 0 aromatic heterocycles. The van der Waals surface area contributed by atoms with Crippen molar-refractivity contribution in [3.8, 4) is 0 Å². The smallest absolute Gasteiger partial charge is 0.0328 e. The summed E-state index contributed by atoms with van der Waals surface area (Å²) in [5, 5.41) is 3.86.